The van der Waals surface area contributed by atoms with E-state index in [0.717, 1.165) is 11.3 Å². The molecular weight excluding hydrogens is 695 g/mol. The first-order valence-corrected chi connectivity index (χ1v) is 17.6. The fourth-order valence-corrected chi connectivity index (χ4v) is 6.43. The Hall–Kier alpha value is -5.97. The largest absolute Gasteiger partial charge is 0.445 e. The summed E-state index contributed by atoms with van der Waals surface area (Å²) in [6, 6.07) is 21.0. The Balaban J connectivity index is 1.04. The molecule has 0 spiro atoms. The SMILES string of the molecule is COCCN1C[C@@H](NC(=O)Nc2c(C)c(-c3cnc(N4CCN(C(=O)OCc5ccccc5)CC4)nc3)nn2-c2ccccc2)[C@H](c2ccnc(F)c2)O1. The number of benzene rings is 2. The normalized spacial score (nSPS) is 17.4. The van der Waals surface area contributed by atoms with Gasteiger partial charge in [0, 0.05) is 76.1 Å². The van der Waals surface area contributed by atoms with E-state index in [1.54, 1.807) is 40.2 Å². The van der Waals surface area contributed by atoms with Gasteiger partial charge in [-0.05, 0) is 42.3 Å². The highest BCUT2D eigenvalue weighted by Crippen LogP contribution is 2.32. The van der Waals surface area contributed by atoms with Gasteiger partial charge < -0.3 is 24.6 Å². The molecule has 15 nitrogen and oxygen atoms in total. The zero-order valence-corrected chi connectivity index (χ0v) is 30.0. The van der Waals surface area contributed by atoms with Crippen molar-refractivity contribution in [1.29, 1.82) is 0 Å². The molecule has 5 aromatic rings. The van der Waals surface area contributed by atoms with Crippen molar-refractivity contribution in [3.8, 4) is 16.9 Å². The third-order valence-corrected chi connectivity index (χ3v) is 9.26. The number of para-hydroxylation sites is 1. The van der Waals surface area contributed by atoms with Crippen LogP contribution >= 0.6 is 0 Å². The van der Waals surface area contributed by atoms with Crippen LogP contribution in [0.2, 0.25) is 0 Å². The van der Waals surface area contributed by atoms with Crippen molar-refractivity contribution in [2.45, 2.75) is 25.7 Å². The Labute approximate surface area is 311 Å². The van der Waals surface area contributed by atoms with Crippen molar-refractivity contribution in [2.24, 2.45) is 0 Å². The van der Waals surface area contributed by atoms with E-state index < -0.39 is 24.1 Å². The van der Waals surface area contributed by atoms with Gasteiger partial charge in [-0.2, -0.15) is 14.6 Å². The maximum Gasteiger partial charge on any atom is 0.410 e. The Morgan fingerprint density at radius 3 is 2.39 bits per heavy atom. The summed E-state index contributed by atoms with van der Waals surface area (Å²) >= 11 is 0. The number of amides is 3. The number of carbonyl (C=O) groups excluding carboxylic acids is 2. The average molecular weight is 737 g/mol. The summed E-state index contributed by atoms with van der Waals surface area (Å²) in [5, 5.41) is 12.6. The van der Waals surface area contributed by atoms with Crippen molar-refractivity contribution in [3.05, 3.63) is 114 Å². The van der Waals surface area contributed by atoms with Gasteiger partial charge in [0.2, 0.25) is 11.9 Å². The van der Waals surface area contributed by atoms with Crippen LogP contribution in [-0.2, 0) is 20.9 Å². The lowest BCUT2D eigenvalue weighted by Crippen LogP contribution is -2.49. The lowest BCUT2D eigenvalue weighted by Gasteiger charge is -2.34. The smallest absolute Gasteiger partial charge is 0.410 e. The van der Waals surface area contributed by atoms with Gasteiger partial charge in [-0.3, -0.25) is 10.2 Å². The summed E-state index contributed by atoms with van der Waals surface area (Å²) in [6.07, 6.45) is 3.80. The highest BCUT2D eigenvalue weighted by Gasteiger charge is 2.37. The van der Waals surface area contributed by atoms with Crippen molar-refractivity contribution in [2.75, 3.05) is 63.2 Å². The summed E-state index contributed by atoms with van der Waals surface area (Å²) in [6.45, 7) is 5.40. The number of urea groups is 1. The molecule has 2 aliphatic heterocycles. The monoisotopic (exact) mass is 736 g/mol. The van der Waals surface area contributed by atoms with Crippen molar-refractivity contribution in [1.82, 2.24) is 40.0 Å². The molecule has 3 amide bonds. The van der Waals surface area contributed by atoms with E-state index in [0.29, 0.717) is 80.0 Å². The average Bonchev–Trinajstić information content (AvgIpc) is 3.76. The summed E-state index contributed by atoms with van der Waals surface area (Å²) in [7, 11) is 1.60. The third-order valence-electron chi connectivity index (χ3n) is 9.26. The zero-order chi connectivity index (χ0) is 37.4. The molecule has 0 unspecified atom stereocenters. The molecule has 2 aromatic carbocycles. The molecule has 54 heavy (non-hydrogen) atoms. The minimum absolute atomic E-state index is 0.227. The van der Waals surface area contributed by atoms with Crippen LogP contribution in [0, 0.1) is 12.9 Å². The third kappa shape index (κ3) is 8.46. The number of pyridine rings is 1. The van der Waals surface area contributed by atoms with Crippen LogP contribution in [-0.4, -0.2) is 106 Å². The topological polar surface area (TPSA) is 152 Å². The van der Waals surface area contributed by atoms with E-state index in [1.165, 1.54) is 12.3 Å². The number of piperazine rings is 1. The number of carbonyl (C=O) groups is 2. The van der Waals surface area contributed by atoms with Gasteiger partial charge in [-0.25, -0.2) is 29.2 Å². The standard InChI is InChI=1S/C38H41FN10O5/c1-26-33(29-22-41-36(42-23-29)46-15-17-47(18-16-46)38(51)53-25-27-9-5-3-6-10-27)45-49(30-11-7-4-8-12-30)35(26)44-37(50)43-31-24-48(19-20-52-2)54-34(31)28-13-14-40-32(39)21-28/h3-14,21-23,31,34H,15-20,24-25H2,1-2H3,(H2,43,44,50)/t31-,34+/m1/s1. The molecule has 2 atom stereocenters. The highest BCUT2D eigenvalue weighted by atomic mass is 19.1. The van der Waals surface area contributed by atoms with Crippen LogP contribution in [0.25, 0.3) is 16.9 Å². The second kappa shape index (κ2) is 16.8. The number of hydrogen-bond donors (Lipinski definition) is 2. The second-order valence-corrected chi connectivity index (χ2v) is 12.9. The number of hydroxylamine groups is 2. The molecule has 5 heterocycles. The van der Waals surface area contributed by atoms with Gasteiger partial charge in [-0.1, -0.05) is 48.5 Å². The van der Waals surface area contributed by atoms with Gasteiger partial charge in [-0.15, -0.1) is 0 Å². The van der Waals surface area contributed by atoms with Gasteiger partial charge in [0.25, 0.3) is 0 Å². The van der Waals surface area contributed by atoms with Crippen LogP contribution in [0.3, 0.4) is 0 Å². The number of nitrogens with zero attached hydrogens (tertiary/aromatic N) is 8. The van der Waals surface area contributed by atoms with E-state index in [9.17, 15) is 14.0 Å². The Kier molecular flexibility index (Phi) is 11.3. The predicted molar refractivity (Wildman–Crippen MR) is 197 cm³/mol. The van der Waals surface area contributed by atoms with Gasteiger partial charge in [0.05, 0.1) is 18.3 Å². The van der Waals surface area contributed by atoms with Crippen LogP contribution in [0.1, 0.15) is 22.8 Å². The first-order chi connectivity index (χ1) is 26.4. The number of rotatable bonds is 11. The summed E-state index contributed by atoms with van der Waals surface area (Å²) in [4.78, 5) is 49.1. The first kappa shape index (κ1) is 36.4. The molecule has 0 radical (unpaired) electrons. The zero-order valence-electron chi connectivity index (χ0n) is 30.0. The molecule has 0 bridgehead atoms. The van der Waals surface area contributed by atoms with Crippen LogP contribution in [0.15, 0.2) is 91.4 Å². The maximum atomic E-state index is 14.1. The fraction of sp³-hybridized carbons (Fsp3) is 0.316. The highest BCUT2D eigenvalue weighted by molar-refractivity contribution is 5.91. The summed E-state index contributed by atoms with van der Waals surface area (Å²) in [5.41, 5.74) is 4.17. The van der Waals surface area contributed by atoms with Crippen molar-refractivity contribution >= 4 is 23.9 Å². The number of nitrogens with one attached hydrogen (secondary N) is 2. The molecule has 2 saturated heterocycles. The van der Waals surface area contributed by atoms with Crippen LogP contribution in [0.5, 0.6) is 0 Å². The van der Waals surface area contributed by atoms with Gasteiger partial charge in [0.15, 0.2) is 0 Å². The van der Waals surface area contributed by atoms with E-state index in [1.807, 2.05) is 72.5 Å². The summed E-state index contributed by atoms with van der Waals surface area (Å²) in [5.74, 6) is 0.353. The van der Waals surface area contributed by atoms with Gasteiger partial charge in [0.1, 0.15) is 24.2 Å². The fourth-order valence-electron chi connectivity index (χ4n) is 6.43. The van der Waals surface area contributed by atoms with E-state index in [-0.39, 0.29) is 12.7 Å². The van der Waals surface area contributed by atoms with E-state index in [4.69, 9.17) is 19.4 Å². The molecule has 0 saturated carbocycles. The minimum Gasteiger partial charge on any atom is -0.445 e. The Bertz CT molecular complexity index is 2030. The predicted octanol–water partition coefficient (Wildman–Crippen LogP) is 4.76. The molecule has 280 valence electrons. The molecule has 2 aliphatic rings. The first-order valence-electron chi connectivity index (χ1n) is 17.6. The number of methoxy groups -OCH3 is 1. The number of aromatic nitrogens is 5. The molecule has 3 aromatic heterocycles. The van der Waals surface area contributed by atoms with Crippen LogP contribution in [0.4, 0.5) is 25.7 Å². The number of ether oxygens (including phenoxy) is 2. The second-order valence-electron chi connectivity index (χ2n) is 12.9. The molecule has 2 N–H and O–H groups in total. The number of hydrogen-bond acceptors (Lipinski definition) is 11. The molecule has 2 fully saturated rings. The maximum absolute atomic E-state index is 14.1. The number of halogens is 1. The molecule has 7 rings (SSSR count). The van der Waals surface area contributed by atoms with E-state index in [2.05, 4.69) is 25.6 Å². The van der Waals surface area contributed by atoms with Crippen LogP contribution < -0.4 is 15.5 Å². The molecule has 16 heteroatoms. The van der Waals surface area contributed by atoms with Gasteiger partial charge >= 0.3 is 12.1 Å². The Morgan fingerprint density at radius 2 is 1.69 bits per heavy atom. The quantitative estimate of drug-likeness (QED) is 0.181. The summed E-state index contributed by atoms with van der Waals surface area (Å²) < 4.78 is 26.5. The molecule has 0 aliphatic carbocycles. The minimum atomic E-state index is -0.645. The van der Waals surface area contributed by atoms with Crippen molar-refractivity contribution in [3.63, 3.8) is 0 Å². The lowest BCUT2D eigenvalue weighted by atomic mass is 10.0. The lowest BCUT2D eigenvalue weighted by molar-refractivity contribution is -0.154. The Morgan fingerprint density at radius 1 is 0.963 bits per heavy atom. The number of anilines is 2. The van der Waals surface area contributed by atoms with Crippen molar-refractivity contribution < 1.29 is 28.3 Å². The molecular formula is C38H41FN10O5. The van der Waals surface area contributed by atoms with E-state index >= 15 is 0 Å².